The molecule has 1 aliphatic heterocycles. The maximum absolute atomic E-state index is 12.1. The highest BCUT2D eigenvalue weighted by Crippen LogP contribution is 2.39. The van der Waals surface area contributed by atoms with E-state index < -0.39 is 11.4 Å². The Morgan fingerprint density at radius 2 is 1.73 bits per heavy atom. The van der Waals surface area contributed by atoms with Crippen LogP contribution >= 0.6 is 0 Å². The van der Waals surface area contributed by atoms with Gasteiger partial charge in [-0.05, 0) is 30.2 Å². The van der Waals surface area contributed by atoms with Crippen molar-refractivity contribution >= 4 is 5.97 Å². The van der Waals surface area contributed by atoms with Crippen molar-refractivity contribution in [3.05, 3.63) is 70.3 Å². The molecular weight excluding hydrogens is 276 g/mol. The zero-order valence-corrected chi connectivity index (χ0v) is 12.0. The summed E-state index contributed by atoms with van der Waals surface area (Å²) in [4.78, 5) is 12.1. The number of nitrogens with zero attached hydrogens (tertiary/aromatic N) is 2. The van der Waals surface area contributed by atoms with Crippen LogP contribution < -0.4 is 0 Å². The Morgan fingerprint density at radius 1 is 1.09 bits per heavy atom. The van der Waals surface area contributed by atoms with Crippen LogP contribution in [0.3, 0.4) is 0 Å². The minimum absolute atomic E-state index is 0.190. The summed E-state index contributed by atoms with van der Waals surface area (Å²) in [7, 11) is 0. The van der Waals surface area contributed by atoms with Crippen LogP contribution in [-0.4, -0.2) is 12.6 Å². The molecule has 22 heavy (non-hydrogen) atoms. The van der Waals surface area contributed by atoms with E-state index in [0.29, 0.717) is 5.56 Å². The van der Waals surface area contributed by atoms with Gasteiger partial charge in [-0.3, -0.25) is 0 Å². The zero-order chi connectivity index (χ0) is 15.7. The molecule has 0 fully saturated rings. The van der Waals surface area contributed by atoms with Crippen LogP contribution in [0.25, 0.3) is 0 Å². The predicted octanol–water partition coefficient (Wildman–Crippen LogP) is 2.91. The fourth-order valence-electron chi connectivity index (χ4n) is 2.82. The highest BCUT2D eigenvalue weighted by molar-refractivity contribution is 5.94. The Labute approximate surface area is 128 Å². The molecule has 106 valence electrons. The Bertz CT molecular complexity index is 844. The molecule has 4 nitrogen and oxygen atoms in total. The van der Waals surface area contributed by atoms with Gasteiger partial charge in [0.05, 0.1) is 22.1 Å². The number of nitriles is 2. The molecule has 1 heterocycles. The number of ether oxygens (including phenoxy) is 1. The molecule has 0 aliphatic carbocycles. The summed E-state index contributed by atoms with van der Waals surface area (Å²) >= 11 is 0. The van der Waals surface area contributed by atoms with Crippen LogP contribution in [0.5, 0.6) is 0 Å². The Morgan fingerprint density at radius 3 is 2.36 bits per heavy atom. The number of benzene rings is 2. The molecule has 0 saturated carbocycles. The third kappa shape index (κ3) is 1.94. The van der Waals surface area contributed by atoms with Crippen molar-refractivity contribution in [2.75, 3.05) is 6.61 Å². The summed E-state index contributed by atoms with van der Waals surface area (Å²) in [6.07, 6.45) is 0. The normalized spacial score (nSPS) is 19.5. The standard InChI is InChI=1S/C18H12N2O2/c1-18(14-5-3-2-4-6-14)11-22-17(21)15-7-12(9-19)13(10-20)8-16(15)18/h2-8H,11H2,1H3. The number of rotatable bonds is 1. The summed E-state index contributed by atoms with van der Waals surface area (Å²) in [6, 6.07) is 16.8. The van der Waals surface area contributed by atoms with Gasteiger partial charge in [-0.1, -0.05) is 30.3 Å². The van der Waals surface area contributed by atoms with Crippen molar-refractivity contribution in [1.29, 1.82) is 10.5 Å². The molecule has 0 spiro atoms. The second-order valence-corrected chi connectivity index (χ2v) is 5.44. The summed E-state index contributed by atoms with van der Waals surface area (Å²) in [5, 5.41) is 18.4. The zero-order valence-electron chi connectivity index (χ0n) is 12.0. The first kappa shape index (κ1) is 13.9. The van der Waals surface area contributed by atoms with E-state index >= 15 is 0 Å². The third-order valence-electron chi connectivity index (χ3n) is 4.12. The minimum atomic E-state index is -0.538. The van der Waals surface area contributed by atoms with E-state index in [2.05, 4.69) is 0 Å². The topological polar surface area (TPSA) is 73.9 Å². The monoisotopic (exact) mass is 288 g/mol. The molecule has 0 bridgehead atoms. The van der Waals surface area contributed by atoms with Crippen LogP contribution in [-0.2, 0) is 10.2 Å². The second-order valence-electron chi connectivity index (χ2n) is 5.44. The molecule has 2 aromatic rings. The Kier molecular flexibility index (Phi) is 3.16. The van der Waals surface area contributed by atoms with Crippen molar-refractivity contribution in [1.82, 2.24) is 0 Å². The summed E-state index contributed by atoms with van der Waals surface area (Å²) in [5.74, 6) is -0.454. The fourth-order valence-corrected chi connectivity index (χ4v) is 2.82. The molecule has 4 heteroatoms. The van der Waals surface area contributed by atoms with Crippen LogP contribution in [0.1, 0.15) is 39.5 Å². The summed E-state index contributed by atoms with van der Waals surface area (Å²) in [5.41, 5.74) is 2.01. The lowest BCUT2D eigenvalue weighted by molar-refractivity contribution is 0.0392. The molecule has 0 saturated heterocycles. The SMILES string of the molecule is CC1(c2ccccc2)COC(=O)c2cc(C#N)c(C#N)cc21. The van der Waals surface area contributed by atoms with Crippen molar-refractivity contribution in [3.8, 4) is 12.1 Å². The van der Waals surface area contributed by atoms with Crippen molar-refractivity contribution in [2.45, 2.75) is 12.3 Å². The Balaban J connectivity index is 2.30. The summed E-state index contributed by atoms with van der Waals surface area (Å²) in [6.45, 7) is 2.18. The van der Waals surface area contributed by atoms with Gasteiger partial charge in [0.1, 0.15) is 18.7 Å². The van der Waals surface area contributed by atoms with Gasteiger partial charge in [0.25, 0.3) is 0 Å². The van der Waals surface area contributed by atoms with Gasteiger partial charge in [-0.2, -0.15) is 10.5 Å². The van der Waals surface area contributed by atoms with Crippen LogP contribution in [0.15, 0.2) is 42.5 Å². The first-order chi connectivity index (χ1) is 10.6. The molecule has 0 radical (unpaired) electrons. The van der Waals surface area contributed by atoms with Gasteiger partial charge in [0.2, 0.25) is 0 Å². The van der Waals surface area contributed by atoms with E-state index in [0.717, 1.165) is 11.1 Å². The number of fused-ring (bicyclic) bond motifs is 1. The van der Waals surface area contributed by atoms with Crippen molar-refractivity contribution in [2.24, 2.45) is 0 Å². The average molecular weight is 288 g/mol. The van der Waals surface area contributed by atoms with Crippen LogP contribution in [0.2, 0.25) is 0 Å². The largest absolute Gasteiger partial charge is 0.461 e. The minimum Gasteiger partial charge on any atom is -0.461 e. The van der Waals surface area contributed by atoms with E-state index in [1.165, 1.54) is 6.07 Å². The maximum atomic E-state index is 12.1. The van der Waals surface area contributed by atoms with E-state index in [1.54, 1.807) is 6.07 Å². The van der Waals surface area contributed by atoms with Gasteiger partial charge in [0.15, 0.2) is 0 Å². The molecule has 0 aromatic heterocycles. The fraction of sp³-hybridized carbons (Fsp3) is 0.167. The molecule has 0 N–H and O–H groups in total. The number of hydrogen-bond acceptors (Lipinski definition) is 4. The molecule has 1 atom stereocenters. The third-order valence-corrected chi connectivity index (χ3v) is 4.12. The first-order valence-corrected chi connectivity index (χ1v) is 6.81. The number of hydrogen-bond donors (Lipinski definition) is 0. The number of carbonyl (C=O) groups is 1. The highest BCUT2D eigenvalue weighted by atomic mass is 16.5. The molecular formula is C18H12N2O2. The van der Waals surface area contributed by atoms with Crippen LogP contribution in [0, 0.1) is 22.7 Å². The maximum Gasteiger partial charge on any atom is 0.338 e. The predicted molar refractivity (Wildman–Crippen MR) is 79.1 cm³/mol. The lowest BCUT2D eigenvalue weighted by atomic mass is 9.73. The smallest absolute Gasteiger partial charge is 0.338 e. The molecule has 0 amide bonds. The lowest BCUT2D eigenvalue weighted by Crippen LogP contribution is -2.37. The molecule has 1 unspecified atom stereocenters. The number of carbonyl (C=O) groups excluding carboxylic acids is 1. The van der Waals surface area contributed by atoms with Gasteiger partial charge < -0.3 is 4.74 Å². The van der Waals surface area contributed by atoms with Crippen molar-refractivity contribution in [3.63, 3.8) is 0 Å². The van der Waals surface area contributed by atoms with E-state index in [-0.39, 0.29) is 17.7 Å². The van der Waals surface area contributed by atoms with E-state index in [9.17, 15) is 10.1 Å². The first-order valence-electron chi connectivity index (χ1n) is 6.81. The quantitative estimate of drug-likeness (QED) is 0.756. The van der Waals surface area contributed by atoms with Gasteiger partial charge in [0, 0.05) is 0 Å². The van der Waals surface area contributed by atoms with Gasteiger partial charge in [-0.25, -0.2) is 4.79 Å². The Hall–Kier alpha value is -3.11. The van der Waals surface area contributed by atoms with Crippen molar-refractivity contribution < 1.29 is 9.53 Å². The number of cyclic esters (lactones) is 1. The summed E-state index contributed by atoms with van der Waals surface area (Å²) < 4.78 is 5.32. The lowest BCUT2D eigenvalue weighted by Gasteiger charge is -2.35. The van der Waals surface area contributed by atoms with Gasteiger partial charge in [-0.15, -0.1) is 0 Å². The van der Waals surface area contributed by atoms with Crippen LogP contribution in [0.4, 0.5) is 0 Å². The molecule has 2 aromatic carbocycles. The number of esters is 1. The van der Waals surface area contributed by atoms with E-state index in [1.807, 2.05) is 49.4 Å². The highest BCUT2D eigenvalue weighted by Gasteiger charge is 2.39. The van der Waals surface area contributed by atoms with E-state index in [4.69, 9.17) is 10.00 Å². The molecule has 1 aliphatic rings. The average Bonchev–Trinajstić information content (AvgIpc) is 2.58. The second kappa shape index (κ2) is 5.02. The molecule has 3 rings (SSSR count). The van der Waals surface area contributed by atoms with Gasteiger partial charge >= 0.3 is 5.97 Å².